The molecule has 1 aliphatic rings. The predicted octanol–water partition coefficient (Wildman–Crippen LogP) is 6.93. The molecule has 1 unspecified atom stereocenters. The lowest BCUT2D eigenvalue weighted by Gasteiger charge is -2.31. The molecule has 0 radical (unpaired) electrons. The summed E-state index contributed by atoms with van der Waals surface area (Å²) in [6, 6.07) is 30.5. The van der Waals surface area contributed by atoms with Gasteiger partial charge < -0.3 is 9.47 Å². The van der Waals surface area contributed by atoms with E-state index in [1.807, 2.05) is 73.7 Å². The summed E-state index contributed by atoms with van der Waals surface area (Å²) in [6.07, 6.45) is -0.341. The SMILES string of the molecule is CC(=O)OC1=C(C)C(c2ccccc2)Oc2c(-c3ccccc3)cc3ccccc3c21. The Kier molecular flexibility index (Phi) is 4.79. The van der Waals surface area contributed by atoms with Gasteiger partial charge in [0.1, 0.15) is 17.6 Å². The molecule has 1 atom stereocenters. The van der Waals surface area contributed by atoms with Crippen molar-refractivity contribution < 1.29 is 14.3 Å². The summed E-state index contributed by atoms with van der Waals surface area (Å²) in [5, 5.41) is 2.07. The lowest BCUT2D eigenvalue weighted by atomic mass is 9.89. The topological polar surface area (TPSA) is 35.5 Å². The van der Waals surface area contributed by atoms with Crippen molar-refractivity contribution in [3.8, 4) is 16.9 Å². The number of carbonyl (C=O) groups excluding carboxylic acids is 1. The molecule has 3 heteroatoms. The average molecular weight is 406 g/mol. The number of hydrogen-bond donors (Lipinski definition) is 0. The van der Waals surface area contributed by atoms with Gasteiger partial charge >= 0.3 is 5.97 Å². The van der Waals surface area contributed by atoms with Crippen LogP contribution in [0.25, 0.3) is 27.7 Å². The average Bonchev–Trinajstić information content (AvgIpc) is 2.81. The number of ether oxygens (including phenoxy) is 2. The summed E-state index contributed by atoms with van der Waals surface area (Å²) in [4.78, 5) is 12.1. The van der Waals surface area contributed by atoms with Crippen LogP contribution in [0.3, 0.4) is 0 Å². The first kappa shape index (κ1) is 19.1. The lowest BCUT2D eigenvalue weighted by Crippen LogP contribution is -2.19. The second-order valence-corrected chi connectivity index (χ2v) is 7.73. The van der Waals surface area contributed by atoms with Gasteiger partial charge in [0.15, 0.2) is 0 Å². The van der Waals surface area contributed by atoms with Gasteiger partial charge in [-0.05, 0) is 34.9 Å². The second kappa shape index (κ2) is 7.77. The van der Waals surface area contributed by atoms with Crippen molar-refractivity contribution in [3.63, 3.8) is 0 Å². The minimum Gasteiger partial charge on any atom is -0.480 e. The molecule has 31 heavy (non-hydrogen) atoms. The van der Waals surface area contributed by atoms with Crippen molar-refractivity contribution >= 4 is 22.5 Å². The predicted molar refractivity (Wildman–Crippen MR) is 124 cm³/mol. The first-order chi connectivity index (χ1) is 15.1. The molecular weight excluding hydrogens is 384 g/mol. The highest BCUT2D eigenvalue weighted by molar-refractivity contribution is 6.02. The second-order valence-electron chi connectivity index (χ2n) is 7.73. The Morgan fingerprint density at radius 2 is 1.52 bits per heavy atom. The molecule has 4 aromatic rings. The van der Waals surface area contributed by atoms with Crippen LogP contribution in [-0.2, 0) is 9.53 Å². The Bertz CT molecular complexity index is 1300. The highest BCUT2D eigenvalue weighted by atomic mass is 16.5. The zero-order chi connectivity index (χ0) is 21.4. The third-order valence-electron chi connectivity index (χ3n) is 5.65. The van der Waals surface area contributed by atoms with E-state index >= 15 is 0 Å². The third kappa shape index (κ3) is 3.38. The molecule has 0 aliphatic carbocycles. The maximum Gasteiger partial charge on any atom is 0.308 e. The first-order valence-corrected chi connectivity index (χ1v) is 10.4. The third-order valence-corrected chi connectivity index (χ3v) is 5.65. The van der Waals surface area contributed by atoms with Gasteiger partial charge in [-0.1, -0.05) is 84.9 Å². The van der Waals surface area contributed by atoms with Crippen LogP contribution in [-0.4, -0.2) is 5.97 Å². The van der Waals surface area contributed by atoms with E-state index in [4.69, 9.17) is 9.47 Å². The molecule has 3 nitrogen and oxygen atoms in total. The van der Waals surface area contributed by atoms with E-state index in [1.165, 1.54) is 6.92 Å². The normalized spacial score (nSPS) is 15.4. The summed E-state index contributed by atoms with van der Waals surface area (Å²) >= 11 is 0. The van der Waals surface area contributed by atoms with Crippen molar-refractivity contribution in [2.24, 2.45) is 0 Å². The maximum atomic E-state index is 12.1. The summed E-state index contributed by atoms with van der Waals surface area (Å²) in [6.45, 7) is 3.42. The van der Waals surface area contributed by atoms with Gasteiger partial charge in [0, 0.05) is 18.1 Å². The van der Waals surface area contributed by atoms with E-state index < -0.39 is 0 Å². The number of carbonyl (C=O) groups is 1. The summed E-state index contributed by atoms with van der Waals surface area (Å²) in [7, 11) is 0. The molecular formula is C28H22O3. The van der Waals surface area contributed by atoms with Gasteiger partial charge in [0.2, 0.25) is 0 Å². The lowest BCUT2D eigenvalue weighted by molar-refractivity contribution is -0.134. The molecule has 0 saturated carbocycles. The van der Waals surface area contributed by atoms with Crippen LogP contribution in [0.4, 0.5) is 0 Å². The molecule has 0 bridgehead atoms. The maximum absolute atomic E-state index is 12.1. The fourth-order valence-corrected chi connectivity index (χ4v) is 4.25. The minimum atomic E-state index is -0.344. The summed E-state index contributed by atoms with van der Waals surface area (Å²) in [5.41, 5.74) is 4.76. The largest absolute Gasteiger partial charge is 0.480 e. The van der Waals surface area contributed by atoms with Crippen LogP contribution in [0, 0.1) is 0 Å². The van der Waals surface area contributed by atoms with Crippen molar-refractivity contribution in [1.29, 1.82) is 0 Å². The molecule has 0 saturated heterocycles. The Balaban J connectivity index is 1.85. The number of fused-ring (bicyclic) bond motifs is 3. The zero-order valence-electron chi connectivity index (χ0n) is 17.5. The summed E-state index contributed by atoms with van der Waals surface area (Å²) in [5.74, 6) is 0.973. The van der Waals surface area contributed by atoms with E-state index in [1.54, 1.807) is 0 Å². The van der Waals surface area contributed by atoms with Crippen molar-refractivity contribution in [2.75, 3.05) is 0 Å². The molecule has 4 aromatic carbocycles. The molecule has 0 spiro atoms. The number of rotatable bonds is 3. The summed E-state index contributed by atoms with van der Waals surface area (Å²) < 4.78 is 12.5. The van der Waals surface area contributed by atoms with Crippen LogP contribution in [0.2, 0.25) is 0 Å². The molecule has 0 N–H and O–H groups in total. The number of esters is 1. The minimum absolute atomic E-state index is 0.341. The Hall–Kier alpha value is -3.85. The Morgan fingerprint density at radius 3 is 2.23 bits per heavy atom. The smallest absolute Gasteiger partial charge is 0.308 e. The van der Waals surface area contributed by atoms with Crippen molar-refractivity contribution in [2.45, 2.75) is 20.0 Å². The fourth-order valence-electron chi connectivity index (χ4n) is 4.25. The Labute approximate surface area is 181 Å². The molecule has 0 fully saturated rings. The fraction of sp³-hybridized carbons (Fsp3) is 0.107. The highest BCUT2D eigenvalue weighted by Crippen LogP contribution is 2.50. The molecule has 0 aromatic heterocycles. The van der Waals surface area contributed by atoms with Gasteiger partial charge in [-0.3, -0.25) is 4.79 Å². The van der Waals surface area contributed by atoms with Crippen LogP contribution < -0.4 is 4.74 Å². The van der Waals surface area contributed by atoms with E-state index in [2.05, 4.69) is 24.3 Å². The quantitative estimate of drug-likeness (QED) is 0.346. The van der Waals surface area contributed by atoms with Gasteiger partial charge in [0.05, 0.1) is 5.56 Å². The van der Waals surface area contributed by atoms with Gasteiger partial charge in [0.25, 0.3) is 0 Å². The van der Waals surface area contributed by atoms with E-state index in [9.17, 15) is 4.79 Å². The Morgan fingerprint density at radius 1 is 0.871 bits per heavy atom. The van der Waals surface area contributed by atoms with Gasteiger partial charge in [-0.15, -0.1) is 0 Å². The van der Waals surface area contributed by atoms with Crippen LogP contribution in [0.1, 0.15) is 31.1 Å². The van der Waals surface area contributed by atoms with E-state index in [-0.39, 0.29) is 12.1 Å². The first-order valence-electron chi connectivity index (χ1n) is 10.4. The molecule has 5 rings (SSSR count). The van der Waals surface area contributed by atoms with Crippen LogP contribution in [0.15, 0.2) is 96.6 Å². The van der Waals surface area contributed by atoms with E-state index in [0.29, 0.717) is 5.76 Å². The van der Waals surface area contributed by atoms with Crippen LogP contribution >= 0.6 is 0 Å². The highest BCUT2D eigenvalue weighted by Gasteiger charge is 2.33. The van der Waals surface area contributed by atoms with Gasteiger partial charge in [-0.25, -0.2) is 0 Å². The molecule has 152 valence electrons. The standard InChI is InChI=1S/C28H22O3/c1-18-26(21-13-7-4-8-14-21)31-28-24(20-11-5-3-6-12-20)17-22-15-9-10-16-23(22)25(28)27(18)30-19(2)29/h3-17,26H,1-2H3. The molecule has 1 heterocycles. The van der Waals surface area contributed by atoms with Gasteiger partial charge in [-0.2, -0.15) is 0 Å². The van der Waals surface area contributed by atoms with Crippen molar-refractivity contribution in [3.05, 3.63) is 108 Å². The molecule has 1 aliphatic heterocycles. The number of benzene rings is 4. The number of hydrogen-bond acceptors (Lipinski definition) is 3. The van der Waals surface area contributed by atoms with Crippen molar-refractivity contribution in [1.82, 2.24) is 0 Å². The van der Waals surface area contributed by atoms with E-state index in [0.717, 1.165) is 44.3 Å². The van der Waals surface area contributed by atoms with Crippen LogP contribution in [0.5, 0.6) is 5.75 Å². The zero-order valence-corrected chi connectivity index (χ0v) is 17.5. The molecule has 0 amide bonds. The monoisotopic (exact) mass is 406 g/mol.